The molecule has 3 rings (SSSR count). The van der Waals surface area contributed by atoms with Gasteiger partial charge in [0.05, 0.1) is 9.35 Å². The molecule has 0 spiro atoms. The minimum absolute atomic E-state index is 0.213. The van der Waals surface area contributed by atoms with E-state index >= 15 is 0 Å². The van der Waals surface area contributed by atoms with Gasteiger partial charge in [-0.15, -0.1) is 11.3 Å². The number of hydrogen-bond acceptors (Lipinski definition) is 6. The van der Waals surface area contributed by atoms with Crippen LogP contribution in [0.1, 0.15) is 21.8 Å². The molecule has 2 aliphatic rings. The summed E-state index contributed by atoms with van der Waals surface area (Å²) >= 11 is 4.44. The number of halogens is 1. The van der Waals surface area contributed by atoms with Crippen molar-refractivity contribution in [3.63, 3.8) is 0 Å². The van der Waals surface area contributed by atoms with E-state index in [1.807, 2.05) is 6.92 Å². The summed E-state index contributed by atoms with van der Waals surface area (Å²) in [5.41, 5.74) is 2.21. The Morgan fingerprint density at radius 3 is 2.56 bits per heavy atom. The zero-order valence-electron chi connectivity index (χ0n) is 13.4. The number of rotatable bonds is 2. The largest absolute Gasteiger partial charge is 0.504 e. The van der Waals surface area contributed by atoms with Crippen LogP contribution in [-0.2, 0) is 0 Å². The van der Waals surface area contributed by atoms with Gasteiger partial charge in [0, 0.05) is 16.8 Å². The molecule has 0 aromatic heterocycles. The van der Waals surface area contributed by atoms with Gasteiger partial charge in [-0.3, -0.25) is 4.79 Å². The summed E-state index contributed by atoms with van der Waals surface area (Å²) in [6, 6.07) is 4.77. The van der Waals surface area contributed by atoms with Gasteiger partial charge in [0.15, 0.2) is 17.2 Å². The van der Waals surface area contributed by atoms with E-state index in [0.717, 1.165) is 5.56 Å². The summed E-state index contributed by atoms with van der Waals surface area (Å²) in [7, 11) is 0. The molecule has 0 bridgehead atoms. The fourth-order valence-corrected chi connectivity index (χ4v) is 3.92. The maximum atomic E-state index is 12.0. The molecular formula is C18H14BrNO4S. The zero-order valence-corrected chi connectivity index (χ0v) is 15.8. The fraction of sp³-hybridized carbons (Fsp3) is 0.111. The van der Waals surface area contributed by atoms with E-state index in [2.05, 4.69) is 20.9 Å². The number of phenols is 3. The van der Waals surface area contributed by atoms with Gasteiger partial charge < -0.3 is 15.3 Å². The van der Waals surface area contributed by atoms with Crippen molar-refractivity contribution in [3.8, 4) is 27.7 Å². The molecule has 3 N–H and O–H groups in total. The molecule has 1 aromatic rings. The van der Waals surface area contributed by atoms with Crippen molar-refractivity contribution < 1.29 is 15.3 Å². The second-order valence-electron chi connectivity index (χ2n) is 5.56. The van der Waals surface area contributed by atoms with Crippen LogP contribution in [0.4, 0.5) is 0 Å². The molecule has 0 saturated carbocycles. The van der Waals surface area contributed by atoms with Gasteiger partial charge in [-0.2, -0.15) is 0 Å². The summed E-state index contributed by atoms with van der Waals surface area (Å²) in [6.45, 7) is 3.48. The molecule has 1 aliphatic carbocycles. The highest BCUT2D eigenvalue weighted by Gasteiger charge is 2.17. The maximum absolute atomic E-state index is 12.0. The Morgan fingerprint density at radius 2 is 1.84 bits per heavy atom. The second-order valence-corrected chi connectivity index (χ2v) is 7.38. The Balaban J connectivity index is 2.10. The Kier molecular flexibility index (Phi) is 4.53. The molecule has 128 valence electrons. The summed E-state index contributed by atoms with van der Waals surface area (Å²) in [6.07, 6.45) is 3.44. The molecule has 25 heavy (non-hydrogen) atoms. The second kappa shape index (κ2) is 6.50. The molecule has 7 heteroatoms. The third-order valence-electron chi connectivity index (χ3n) is 3.80. The molecule has 1 heterocycles. The SMILES string of the molecule is Cc1nc(/C=C/c2ccc(O)c(O)c2Br)sc2c(O)c(=O)c(C)cc1-2. The average Bonchev–Trinajstić information content (AvgIpc) is 2.58. The lowest BCUT2D eigenvalue weighted by Crippen LogP contribution is -2.07. The van der Waals surface area contributed by atoms with Gasteiger partial charge in [0.1, 0.15) is 5.01 Å². The lowest BCUT2D eigenvalue weighted by molar-refractivity contribution is 0.401. The van der Waals surface area contributed by atoms with Gasteiger partial charge in [-0.1, -0.05) is 6.08 Å². The van der Waals surface area contributed by atoms with Gasteiger partial charge in [0.2, 0.25) is 5.43 Å². The minimum Gasteiger partial charge on any atom is -0.504 e. The predicted octanol–water partition coefficient (Wildman–Crippen LogP) is 4.27. The highest BCUT2D eigenvalue weighted by atomic mass is 79.9. The maximum Gasteiger partial charge on any atom is 0.224 e. The first-order valence-corrected chi connectivity index (χ1v) is 8.93. The van der Waals surface area contributed by atoms with Crippen LogP contribution in [0.25, 0.3) is 22.6 Å². The standard InChI is InChI=1S/C18H14BrNO4S/c1-8-7-11-9(2)20-13(25-18(11)17(24)15(8)22)6-4-10-3-5-12(21)16(23)14(10)19/h3-7,21,23-24H,1-2H3/b6-4+. The van der Waals surface area contributed by atoms with E-state index in [1.165, 1.54) is 17.4 Å². The van der Waals surface area contributed by atoms with Crippen molar-refractivity contribution in [2.24, 2.45) is 0 Å². The first-order valence-electron chi connectivity index (χ1n) is 7.32. The number of aromatic nitrogens is 1. The van der Waals surface area contributed by atoms with Crippen LogP contribution >= 0.6 is 27.3 Å². The third-order valence-corrected chi connectivity index (χ3v) is 5.69. The van der Waals surface area contributed by atoms with E-state index in [0.29, 0.717) is 31.2 Å². The van der Waals surface area contributed by atoms with E-state index < -0.39 is 0 Å². The fourth-order valence-electron chi connectivity index (χ4n) is 2.42. The molecular weight excluding hydrogens is 406 g/mol. The molecule has 0 fully saturated rings. The predicted molar refractivity (Wildman–Crippen MR) is 103 cm³/mol. The monoisotopic (exact) mass is 419 g/mol. The first kappa shape index (κ1) is 17.4. The normalized spacial score (nSPS) is 11.5. The van der Waals surface area contributed by atoms with Crippen molar-refractivity contribution in [1.82, 2.24) is 4.98 Å². The van der Waals surface area contributed by atoms with Crippen molar-refractivity contribution in [1.29, 1.82) is 0 Å². The molecule has 0 radical (unpaired) electrons. The first-order chi connectivity index (χ1) is 11.8. The van der Waals surface area contributed by atoms with Crippen LogP contribution in [0, 0.1) is 13.8 Å². The number of benzene rings is 2. The molecule has 1 aliphatic heterocycles. The number of fused-ring (bicyclic) bond motifs is 1. The Labute approximate surface area is 156 Å². The topological polar surface area (TPSA) is 90.7 Å². The number of phenolic OH excluding ortho intramolecular Hbond substituents is 3. The quantitative estimate of drug-likeness (QED) is 0.539. The van der Waals surface area contributed by atoms with E-state index in [4.69, 9.17) is 0 Å². The number of hydrogen-bond donors (Lipinski definition) is 3. The zero-order chi connectivity index (χ0) is 18.3. The van der Waals surface area contributed by atoms with Crippen molar-refractivity contribution in [2.45, 2.75) is 13.8 Å². The van der Waals surface area contributed by atoms with Crippen molar-refractivity contribution in [2.75, 3.05) is 0 Å². The van der Waals surface area contributed by atoms with Crippen LogP contribution in [0.3, 0.4) is 0 Å². The average molecular weight is 420 g/mol. The Bertz CT molecular complexity index is 1040. The number of nitrogens with zero attached hydrogens (tertiary/aromatic N) is 1. The van der Waals surface area contributed by atoms with Crippen molar-refractivity contribution in [3.05, 3.63) is 54.7 Å². The minimum atomic E-state index is -0.379. The Morgan fingerprint density at radius 1 is 1.12 bits per heavy atom. The van der Waals surface area contributed by atoms with Crippen LogP contribution in [0.2, 0.25) is 0 Å². The molecule has 5 nitrogen and oxygen atoms in total. The highest BCUT2D eigenvalue weighted by Crippen LogP contribution is 2.38. The van der Waals surface area contributed by atoms with E-state index in [1.54, 1.807) is 31.2 Å². The van der Waals surface area contributed by atoms with Gasteiger partial charge >= 0.3 is 0 Å². The highest BCUT2D eigenvalue weighted by molar-refractivity contribution is 9.10. The van der Waals surface area contributed by atoms with Crippen LogP contribution in [-0.4, -0.2) is 20.3 Å². The van der Waals surface area contributed by atoms with Crippen LogP contribution in [0.15, 0.2) is 27.5 Å². The molecule has 0 unspecified atom stereocenters. The smallest absolute Gasteiger partial charge is 0.224 e. The van der Waals surface area contributed by atoms with E-state index in [9.17, 15) is 20.1 Å². The lowest BCUT2D eigenvalue weighted by atomic mass is 10.1. The van der Waals surface area contributed by atoms with Gasteiger partial charge in [-0.05, 0) is 59.6 Å². The van der Waals surface area contributed by atoms with Gasteiger partial charge in [0.25, 0.3) is 0 Å². The lowest BCUT2D eigenvalue weighted by Gasteiger charge is -2.11. The summed E-state index contributed by atoms with van der Waals surface area (Å²) in [5.74, 6) is -0.712. The van der Waals surface area contributed by atoms with E-state index in [-0.39, 0.29) is 22.7 Å². The molecule has 0 saturated heterocycles. The number of aromatic hydroxyl groups is 3. The number of aryl methyl sites for hydroxylation is 2. The summed E-state index contributed by atoms with van der Waals surface area (Å²) in [5, 5.41) is 30.0. The molecule has 0 atom stereocenters. The Hall–Kier alpha value is -2.38. The molecule has 1 aromatic carbocycles. The van der Waals surface area contributed by atoms with Crippen LogP contribution < -0.4 is 5.43 Å². The summed E-state index contributed by atoms with van der Waals surface area (Å²) < 4.78 is 0.367. The molecule has 0 amide bonds. The van der Waals surface area contributed by atoms with Crippen molar-refractivity contribution >= 4 is 39.4 Å². The third kappa shape index (κ3) is 3.12. The van der Waals surface area contributed by atoms with Crippen LogP contribution in [0.5, 0.6) is 17.2 Å². The summed E-state index contributed by atoms with van der Waals surface area (Å²) in [4.78, 5) is 16.9. The van der Waals surface area contributed by atoms with Gasteiger partial charge in [-0.25, -0.2) is 4.98 Å².